The third-order valence-electron chi connectivity index (χ3n) is 4.34. The molecule has 6 nitrogen and oxygen atoms in total. The fraction of sp³-hybridized carbons (Fsp3) is 0.312. The number of aromatic nitrogens is 4. The van der Waals surface area contributed by atoms with Gasteiger partial charge in [-0.2, -0.15) is 18.3 Å². The lowest BCUT2D eigenvalue weighted by Crippen LogP contribution is -2.36. The highest BCUT2D eigenvalue weighted by Crippen LogP contribution is 2.27. The summed E-state index contributed by atoms with van der Waals surface area (Å²) in [7, 11) is 0. The summed E-state index contributed by atoms with van der Waals surface area (Å²) in [6.45, 7) is 1.30. The summed E-state index contributed by atoms with van der Waals surface area (Å²) in [5, 5.41) is 8.21. The molecule has 1 aliphatic rings. The summed E-state index contributed by atoms with van der Waals surface area (Å²) < 4.78 is 38.3. The number of halogens is 3. The summed E-state index contributed by atoms with van der Waals surface area (Å²) in [6, 6.07) is 7.66. The van der Waals surface area contributed by atoms with Gasteiger partial charge in [-0.25, -0.2) is 4.98 Å². The van der Waals surface area contributed by atoms with E-state index in [2.05, 4.69) is 15.2 Å². The Bertz CT molecular complexity index is 991. The van der Waals surface area contributed by atoms with Crippen LogP contribution in [0.3, 0.4) is 0 Å². The van der Waals surface area contributed by atoms with Gasteiger partial charge in [0.15, 0.2) is 0 Å². The maximum absolute atomic E-state index is 12.8. The number of rotatable bonds is 2. The summed E-state index contributed by atoms with van der Waals surface area (Å²) in [5.41, 5.74) is 1.56. The number of hydrogen-bond donors (Lipinski definition) is 2. The molecule has 0 spiro atoms. The lowest BCUT2D eigenvalue weighted by Gasteiger charge is -2.27. The fourth-order valence-corrected chi connectivity index (χ4v) is 3.11. The summed E-state index contributed by atoms with van der Waals surface area (Å²) in [4.78, 5) is 19.5. The van der Waals surface area contributed by atoms with Gasteiger partial charge in [0, 0.05) is 31.4 Å². The van der Waals surface area contributed by atoms with Gasteiger partial charge in [0.05, 0.1) is 22.5 Å². The molecule has 2 aromatic heterocycles. The second-order valence-electron chi connectivity index (χ2n) is 6.02. The topological polar surface area (TPSA) is 77.7 Å². The van der Waals surface area contributed by atoms with Crippen LogP contribution in [0.2, 0.25) is 0 Å². The molecule has 9 heteroatoms. The monoisotopic (exact) mass is 349 g/mol. The van der Waals surface area contributed by atoms with Crippen molar-refractivity contribution in [2.45, 2.75) is 25.7 Å². The maximum atomic E-state index is 12.8. The van der Waals surface area contributed by atoms with Crippen molar-refractivity contribution in [2.24, 2.45) is 0 Å². The van der Waals surface area contributed by atoms with E-state index in [1.807, 2.05) is 34.1 Å². The van der Waals surface area contributed by atoms with Crippen molar-refractivity contribution in [1.29, 1.82) is 0 Å². The Balaban J connectivity index is 1.60. The van der Waals surface area contributed by atoms with Crippen molar-refractivity contribution in [2.75, 3.05) is 6.54 Å². The number of H-pyrrole nitrogens is 2. The molecule has 0 aliphatic carbocycles. The van der Waals surface area contributed by atoms with Gasteiger partial charge in [0.25, 0.3) is 5.56 Å². The first-order valence-corrected chi connectivity index (χ1v) is 7.75. The lowest BCUT2D eigenvalue weighted by molar-refractivity contribution is -0.145. The molecule has 0 fully saturated rings. The highest BCUT2D eigenvalue weighted by molar-refractivity contribution is 5.81. The number of para-hydroxylation sites is 1. The molecule has 0 saturated heterocycles. The van der Waals surface area contributed by atoms with E-state index in [0.29, 0.717) is 25.1 Å². The number of benzene rings is 1. The molecule has 4 rings (SSSR count). The van der Waals surface area contributed by atoms with Gasteiger partial charge in [-0.1, -0.05) is 18.2 Å². The summed E-state index contributed by atoms with van der Waals surface area (Å²) >= 11 is 0. The van der Waals surface area contributed by atoms with E-state index in [-0.39, 0.29) is 12.2 Å². The van der Waals surface area contributed by atoms with Gasteiger partial charge < -0.3 is 4.98 Å². The Morgan fingerprint density at radius 3 is 2.84 bits per heavy atom. The Kier molecular flexibility index (Phi) is 3.60. The number of hydrogen-bond acceptors (Lipinski definition) is 4. The summed E-state index contributed by atoms with van der Waals surface area (Å²) in [5.74, 6) is -1.23. The molecule has 0 bridgehead atoms. The van der Waals surface area contributed by atoms with Crippen molar-refractivity contribution in [3.8, 4) is 0 Å². The third-order valence-corrected chi connectivity index (χ3v) is 4.34. The molecule has 1 aromatic carbocycles. The average molecular weight is 349 g/mol. The molecule has 0 amide bonds. The van der Waals surface area contributed by atoms with Crippen LogP contribution < -0.4 is 5.56 Å². The SMILES string of the molecule is O=c1[nH]c(C(F)(F)F)nc2c1CN(Cc1[nH]nc3ccccc13)CC2. The van der Waals surface area contributed by atoms with Gasteiger partial charge in [-0.3, -0.25) is 14.8 Å². The van der Waals surface area contributed by atoms with Crippen molar-refractivity contribution in [3.05, 3.63) is 57.4 Å². The number of alkyl halides is 3. The third kappa shape index (κ3) is 2.91. The van der Waals surface area contributed by atoms with E-state index in [0.717, 1.165) is 16.6 Å². The number of fused-ring (bicyclic) bond motifs is 2. The molecule has 3 aromatic rings. The van der Waals surface area contributed by atoms with Crippen LogP contribution in [-0.4, -0.2) is 31.6 Å². The minimum Gasteiger partial charge on any atom is -0.303 e. The van der Waals surface area contributed by atoms with Crippen LogP contribution in [-0.2, 0) is 25.7 Å². The maximum Gasteiger partial charge on any atom is 0.449 e. The van der Waals surface area contributed by atoms with E-state index >= 15 is 0 Å². The molecular formula is C16H14F3N5O. The Morgan fingerprint density at radius 2 is 2.04 bits per heavy atom. The smallest absolute Gasteiger partial charge is 0.303 e. The average Bonchev–Trinajstić information content (AvgIpc) is 2.98. The highest BCUT2D eigenvalue weighted by Gasteiger charge is 2.36. The summed E-state index contributed by atoms with van der Waals surface area (Å²) in [6.07, 6.45) is -4.35. The first kappa shape index (κ1) is 15.8. The van der Waals surface area contributed by atoms with E-state index in [1.165, 1.54) is 0 Å². The largest absolute Gasteiger partial charge is 0.449 e. The zero-order valence-corrected chi connectivity index (χ0v) is 13.0. The van der Waals surface area contributed by atoms with Gasteiger partial charge >= 0.3 is 6.18 Å². The standard InChI is InChI=1S/C16H14F3N5O/c17-16(18,19)15-20-11-5-6-24(7-10(11)14(25)21-15)8-13-9-3-1-2-4-12(9)22-23-13/h1-4H,5-8H2,(H,22,23)(H,20,21,25). The van der Waals surface area contributed by atoms with Crippen LogP contribution in [0.15, 0.2) is 29.1 Å². The highest BCUT2D eigenvalue weighted by atomic mass is 19.4. The van der Waals surface area contributed by atoms with E-state index in [4.69, 9.17) is 0 Å². The number of aromatic amines is 2. The molecule has 1 aliphatic heterocycles. The van der Waals surface area contributed by atoms with Crippen LogP contribution in [0, 0.1) is 0 Å². The number of nitrogens with one attached hydrogen (secondary N) is 2. The predicted molar refractivity (Wildman–Crippen MR) is 83.8 cm³/mol. The second kappa shape index (κ2) is 5.69. The zero-order valence-electron chi connectivity index (χ0n) is 13.0. The van der Waals surface area contributed by atoms with Crippen molar-refractivity contribution >= 4 is 10.9 Å². The fourth-order valence-electron chi connectivity index (χ4n) is 3.11. The molecule has 25 heavy (non-hydrogen) atoms. The van der Waals surface area contributed by atoms with Crippen molar-refractivity contribution in [3.63, 3.8) is 0 Å². The van der Waals surface area contributed by atoms with Crippen LogP contribution in [0.5, 0.6) is 0 Å². The normalized spacial score (nSPS) is 15.5. The van der Waals surface area contributed by atoms with Gasteiger partial charge in [-0.15, -0.1) is 0 Å². The Hall–Kier alpha value is -2.68. The second-order valence-corrected chi connectivity index (χ2v) is 6.02. The zero-order chi connectivity index (χ0) is 17.6. The molecule has 0 atom stereocenters. The molecule has 2 N–H and O–H groups in total. The van der Waals surface area contributed by atoms with Crippen LogP contribution in [0.4, 0.5) is 13.2 Å². The molecule has 3 heterocycles. The Labute approximate surface area is 139 Å². The van der Waals surface area contributed by atoms with Crippen LogP contribution >= 0.6 is 0 Å². The quantitative estimate of drug-likeness (QED) is 0.744. The van der Waals surface area contributed by atoms with E-state index in [9.17, 15) is 18.0 Å². The molecule has 130 valence electrons. The number of nitrogens with zero attached hydrogens (tertiary/aromatic N) is 3. The first-order valence-electron chi connectivity index (χ1n) is 7.75. The van der Waals surface area contributed by atoms with Crippen LogP contribution in [0.1, 0.15) is 22.8 Å². The Morgan fingerprint density at radius 1 is 1.24 bits per heavy atom. The molecular weight excluding hydrogens is 335 g/mol. The van der Waals surface area contributed by atoms with Crippen molar-refractivity contribution in [1.82, 2.24) is 25.1 Å². The first-order chi connectivity index (χ1) is 11.9. The van der Waals surface area contributed by atoms with Gasteiger partial charge in [-0.05, 0) is 6.07 Å². The minimum absolute atomic E-state index is 0.224. The van der Waals surface area contributed by atoms with Gasteiger partial charge in [0.2, 0.25) is 5.82 Å². The molecule has 0 unspecified atom stereocenters. The van der Waals surface area contributed by atoms with E-state index < -0.39 is 17.6 Å². The molecule has 0 saturated carbocycles. The minimum atomic E-state index is -4.65. The predicted octanol–water partition coefficient (Wildman–Crippen LogP) is 2.22. The molecule has 0 radical (unpaired) electrons. The van der Waals surface area contributed by atoms with Crippen LogP contribution in [0.25, 0.3) is 10.9 Å². The van der Waals surface area contributed by atoms with Crippen molar-refractivity contribution < 1.29 is 13.2 Å². The van der Waals surface area contributed by atoms with E-state index in [1.54, 1.807) is 0 Å². The van der Waals surface area contributed by atoms with Gasteiger partial charge in [0.1, 0.15) is 0 Å². The lowest BCUT2D eigenvalue weighted by atomic mass is 10.1.